The molecule has 0 saturated carbocycles. The van der Waals surface area contributed by atoms with E-state index in [1.807, 2.05) is 13.8 Å². The van der Waals surface area contributed by atoms with Gasteiger partial charge in [-0.25, -0.2) is 9.18 Å². The highest BCUT2D eigenvalue weighted by molar-refractivity contribution is 7.43. The number of terminal acetylenes is 1. The molecule has 0 radical (unpaired) electrons. The van der Waals surface area contributed by atoms with Crippen LogP contribution in [0.3, 0.4) is 0 Å². The quantitative estimate of drug-likeness (QED) is 0.402. The Morgan fingerprint density at radius 3 is 2.37 bits per heavy atom. The molecule has 0 bridgehead atoms. The third-order valence-electron chi connectivity index (χ3n) is 4.71. The van der Waals surface area contributed by atoms with Crippen molar-refractivity contribution in [1.82, 2.24) is 4.98 Å². The normalized spacial score (nSPS) is 15.2. The molecule has 1 heterocycles. The molecule has 3 unspecified atom stereocenters. The van der Waals surface area contributed by atoms with Crippen LogP contribution in [0.25, 0.3) is 11.1 Å². The SMILES string of the molecule is C#CC(C(=O)Oc1c(-c2ccc(F)cc2)cc(C)nc1C(C)C)(C(C)O)[PH](=O)OC. The molecule has 0 aliphatic carbocycles. The molecular formula is C22H25FNO5P. The summed E-state index contributed by atoms with van der Waals surface area (Å²) in [6, 6.07) is 7.37. The van der Waals surface area contributed by atoms with Crippen molar-refractivity contribution in [3.8, 4) is 29.2 Å². The standard InChI is InChI=1S/C22H25FNO5P/c1-7-22(15(5)25,30(27)28-6)21(26)29-20-18(16-8-10-17(23)11-9-16)12-14(4)24-19(20)13(2)3/h1,8-13,15,25,30H,2-6H3. The van der Waals surface area contributed by atoms with E-state index in [4.69, 9.17) is 15.7 Å². The third kappa shape index (κ3) is 4.46. The van der Waals surface area contributed by atoms with Gasteiger partial charge in [0.2, 0.25) is 13.2 Å². The Balaban J connectivity index is 2.70. The molecule has 3 atom stereocenters. The summed E-state index contributed by atoms with van der Waals surface area (Å²) in [5.74, 6) is 0.602. The minimum atomic E-state index is -3.20. The molecular weight excluding hydrogens is 408 g/mol. The molecule has 0 aliphatic rings. The average Bonchev–Trinajstić information content (AvgIpc) is 2.69. The summed E-state index contributed by atoms with van der Waals surface area (Å²) in [6.07, 6.45) is 4.02. The number of ether oxygens (including phenoxy) is 1. The maximum Gasteiger partial charge on any atom is 0.342 e. The van der Waals surface area contributed by atoms with Gasteiger partial charge in [-0.05, 0) is 43.5 Å². The largest absolute Gasteiger partial charge is 0.422 e. The molecule has 0 spiro atoms. The first kappa shape index (κ1) is 23.8. The predicted molar refractivity (Wildman–Crippen MR) is 113 cm³/mol. The van der Waals surface area contributed by atoms with E-state index < -0.39 is 31.1 Å². The van der Waals surface area contributed by atoms with E-state index >= 15 is 0 Å². The number of carbonyl (C=O) groups excluding carboxylic acids is 1. The first-order valence-corrected chi connectivity index (χ1v) is 10.6. The third-order valence-corrected chi connectivity index (χ3v) is 6.49. The Hall–Kier alpha value is -2.52. The van der Waals surface area contributed by atoms with Crippen molar-refractivity contribution in [2.45, 2.75) is 44.9 Å². The van der Waals surface area contributed by atoms with Gasteiger partial charge in [0.1, 0.15) is 5.82 Å². The predicted octanol–water partition coefficient (Wildman–Crippen LogP) is 4.10. The number of aromatic nitrogens is 1. The molecule has 2 rings (SSSR count). The molecule has 1 aromatic heterocycles. The lowest BCUT2D eigenvalue weighted by molar-refractivity contribution is -0.138. The number of nitrogens with zero attached hydrogens (tertiary/aromatic N) is 1. The molecule has 30 heavy (non-hydrogen) atoms. The number of carbonyl (C=O) groups is 1. The summed E-state index contributed by atoms with van der Waals surface area (Å²) >= 11 is 0. The van der Waals surface area contributed by atoms with Gasteiger partial charge in [0, 0.05) is 18.4 Å². The van der Waals surface area contributed by atoms with Gasteiger partial charge in [-0.15, -0.1) is 6.42 Å². The van der Waals surface area contributed by atoms with E-state index in [0.29, 0.717) is 22.5 Å². The van der Waals surface area contributed by atoms with E-state index in [1.54, 1.807) is 25.1 Å². The Morgan fingerprint density at radius 2 is 1.90 bits per heavy atom. The fourth-order valence-corrected chi connectivity index (χ4v) is 4.02. The second-order valence-corrected chi connectivity index (χ2v) is 8.97. The van der Waals surface area contributed by atoms with Crippen molar-refractivity contribution in [2.24, 2.45) is 0 Å². The number of halogens is 1. The number of aliphatic hydroxyl groups excluding tert-OH is 1. The fourth-order valence-electron chi connectivity index (χ4n) is 3.02. The Kier molecular flexibility index (Phi) is 7.54. The van der Waals surface area contributed by atoms with Crippen LogP contribution >= 0.6 is 8.03 Å². The number of aliphatic hydroxyl groups is 1. The zero-order chi connectivity index (χ0) is 22.6. The highest BCUT2D eigenvalue weighted by Crippen LogP contribution is 2.44. The second kappa shape index (κ2) is 9.53. The van der Waals surface area contributed by atoms with Crippen LogP contribution in [-0.4, -0.2) is 34.4 Å². The minimum absolute atomic E-state index is 0.110. The number of benzene rings is 1. The van der Waals surface area contributed by atoms with Crippen LogP contribution in [0.2, 0.25) is 0 Å². The van der Waals surface area contributed by atoms with E-state index in [2.05, 4.69) is 10.9 Å². The topological polar surface area (TPSA) is 85.7 Å². The average molecular weight is 433 g/mol. The van der Waals surface area contributed by atoms with Gasteiger partial charge in [-0.2, -0.15) is 0 Å². The molecule has 0 amide bonds. The van der Waals surface area contributed by atoms with Crippen LogP contribution in [0, 0.1) is 25.1 Å². The molecule has 2 aromatic rings. The Bertz CT molecular complexity index is 998. The smallest absolute Gasteiger partial charge is 0.342 e. The van der Waals surface area contributed by atoms with Crippen LogP contribution in [0.4, 0.5) is 4.39 Å². The van der Waals surface area contributed by atoms with Gasteiger partial charge >= 0.3 is 5.97 Å². The first-order valence-electron chi connectivity index (χ1n) is 9.32. The molecule has 160 valence electrons. The summed E-state index contributed by atoms with van der Waals surface area (Å²) in [7, 11) is -2.06. The maximum atomic E-state index is 13.4. The van der Waals surface area contributed by atoms with Crippen LogP contribution in [0.1, 0.15) is 38.1 Å². The van der Waals surface area contributed by atoms with Crippen LogP contribution in [0.5, 0.6) is 5.75 Å². The molecule has 0 aliphatic heterocycles. The Morgan fingerprint density at radius 1 is 1.30 bits per heavy atom. The highest BCUT2D eigenvalue weighted by Gasteiger charge is 2.50. The fraction of sp³-hybridized carbons (Fsp3) is 0.364. The molecule has 0 saturated heterocycles. The summed E-state index contributed by atoms with van der Waals surface area (Å²) in [5.41, 5.74) is 2.22. The van der Waals surface area contributed by atoms with E-state index in [0.717, 1.165) is 7.11 Å². The first-order chi connectivity index (χ1) is 14.1. The number of hydrogen-bond acceptors (Lipinski definition) is 6. The van der Waals surface area contributed by atoms with Gasteiger partial charge in [-0.3, -0.25) is 9.55 Å². The number of aryl methyl sites for hydroxylation is 1. The van der Waals surface area contributed by atoms with Gasteiger partial charge < -0.3 is 14.4 Å². The van der Waals surface area contributed by atoms with Gasteiger partial charge in [-0.1, -0.05) is 31.9 Å². The summed E-state index contributed by atoms with van der Waals surface area (Å²) in [4.78, 5) is 17.6. The summed E-state index contributed by atoms with van der Waals surface area (Å²) in [6.45, 7) is 6.78. The number of rotatable bonds is 7. The monoisotopic (exact) mass is 433 g/mol. The van der Waals surface area contributed by atoms with Crippen molar-refractivity contribution in [1.29, 1.82) is 0 Å². The molecule has 8 heteroatoms. The zero-order valence-electron chi connectivity index (χ0n) is 17.5. The van der Waals surface area contributed by atoms with Gasteiger partial charge in [0.05, 0.1) is 11.8 Å². The lowest BCUT2D eigenvalue weighted by Crippen LogP contribution is -2.46. The molecule has 0 fully saturated rings. The molecule has 6 nitrogen and oxygen atoms in total. The maximum absolute atomic E-state index is 13.4. The highest BCUT2D eigenvalue weighted by atomic mass is 31.1. The number of pyridine rings is 1. The van der Waals surface area contributed by atoms with E-state index in [-0.39, 0.29) is 11.7 Å². The van der Waals surface area contributed by atoms with E-state index in [1.165, 1.54) is 19.1 Å². The zero-order valence-corrected chi connectivity index (χ0v) is 18.5. The summed E-state index contributed by atoms with van der Waals surface area (Å²) in [5, 5.41) is 8.03. The second-order valence-electron chi connectivity index (χ2n) is 7.20. The number of esters is 1. The minimum Gasteiger partial charge on any atom is -0.422 e. The van der Waals surface area contributed by atoms with Gasteiger partial charge in [0.15, 0.2) is 5.75 Å². The van der Waals surface area contributed by atoms with Gasteiger partial charge in [0.25, 0.3) is 0 Å². The molecule has 1 aromatic carbocycles. The summed E-state index contributed by atoms with van der Waals surface area (Å²) < 4.78 is 36.4. The van der Waals surface area contributed by atoms with E-state index in [9.17, 15) is 18.9 Å². The van der Waals surface area contributed by atoms with Crippen LogP contribution in [0.15, 0.2) is 30.3 Å². The molecule has 1 N–H and O–H groups in total. The van der Waals surface area contributed by atoms with Crippen molar-refractivity contribution < 1.29 is 28.1 Å². The van der Waals surface area contributed by atoms with Crippen LogP contribution < -0.4 is 4.74 Å². The Labute approximate surface area is 176 Å². The van der Waals surface area contributed by atoms with Crippen molar-refractivity contribution in [3.63, 3.8) is 0 Å². The van der Waals surface area contributed by atoms with Crippen molar-refractivity contribution in [2.75, 3.05) is 7.11 Å². The lowest BCUT2D eigenvalue weighted by atomic mass is 9.98. The van der Waals surface area contributed by atoms with Crippen molar-refractivity contribution in [3.05, 3.63) is 47.5 Å². The van der Waals surface area contributed by atoms with Crippen molar-refractivity contribution >= 4 is 14.0 Å². The van der Waals surface area contributed by atoms with Crippen LogP contribution in [-0.2, 0) is 13.9 Å². The number of hydrogen-bond donors (Lipinski definition) is 1. The lowest BCUT2D eigenvalue weighted by Gasteiger charge is -2.28.